The Hall–Kier alpha value is -2.86. The van der Waals surface area contributed by atoms with Gasteiger partial charge in [-0.15, -0.1) is 0 Å². The van der Waals surface area contributed by atoms with E-state index >= 15 is 0 Å². The number of phenolic OH excluding ortho intramolecular Hbond substituents is 2. The van der Waals surface area contributed by atoms with Crippen molar-refractivity contribution in [3.8, 4) is 23.0 Å². The van der Waals surface area contributed by atoms with Crippen LogP contribution in [0.3, 0.4) is 0 Å². The molecule has 0 saturated carbocycles. The monoisotopic (exact) mass is 506 g/mol. The Morgan fingerprint density at radius 3 is 2.19 bits per heavy atom. The molecular formula is C26H34O10. The molecule has 2 aromatic rings. The van der Waals surface area contributed by atoms with Crippen molar-refractivity contribution in [2.75, 3.05) is 27.4 Å². The predicted octanol–water partition coefficient (Wildman–Crippen LogP) is 2.12. The van der Waals surface area contributed by atoms with Crippen LogP contribution in [-0.2, 0) is 14.2 Å². The number of rotatable bonds is 11. The SMILES string of the molecule is CCC(O[C@@H]1O[C@H](CO)[C@@H](O)[C@H](OC/C=C/c2ccc(O)cc2)[C@H]1O)c1cc(OC)c(O)c(OC)c1. The zero-order chi connectivity index (χ0) is 26.2. The average molecular weight is 507 g/mol. The van der Waals surface area contributed by atoms with Crippen LogP contribution in [-0.4, -0.2) is 83.7 Å². The molecule has 1 aliphatic rings. The number of ether oxygens (including phenoxy) is 5. The molecule has 0 bridgehead atoms. The Bertz CT molecular complexity index is 968. The van der Waals surface area contributed by atoms with E-state index in [0.717, 1.165) is 5.56 Å². The minimum absolute atomic E-state index is 0.0636. The van der Waals surface area contributed by atoms with Gasteiger partial charge < -0.3 is 49.2 Å². The van der Waals surface area contributed by atoms with Crippen LogP contribution >= 0.6 is 0 Å². The van der Waals surface area contributed by atoms with Gasteiger partial charge in [0.25, 0.3) is 0 Å². The highest BCUT2D eigenvalue weighted by molar-refractivity contribution is 5.53. The maximum Gasteiger partial charge on any atom is 0.200 e. The zero-order valence-corrected chi connectivity index (χ0v) is 20.5. The number of aliphatic hydroxyl groups is 3. The molecule has 6 atom stereocenters. The fourth-order valence-corrected chi connectivity index (χ4v) is 3.97. The number of methoxy groups -OCH3 is 2. The molecule has 10 nitrogen and oxygen atoms in total. The number of hydrogen-bond acceptors (Lipinski definition) is 10. The van der Waals surface area contributed by atoms with Crippen molar-refractivity contribution in [1.82, 2.24) is 0 Å². The first-order valence-corrected chi connectivity index (χ1v) is 11.6. The summed E-state index contributed by atoms with van der Waals surface area (Å²) in [6.07, 6.45) is -2.65. The first kappa shape index (κ1) is 27.7. The number of benzene rings is 2. The lowest BCUT2D eigenvalue weighted by atomic mass is 9.98. The van der Waals surface area contributed by atoms with Gasteiger partial charge in [-0.2, -0.15) is 0 Å². The molecular weight excluding hydrogens is 472 g/mol. The molecule has 5 N–H and O–H groups in total. The molecule has 0 spiro atoms. The third-order valence-corrected chi connectivity index (χ3v) is 5.95. The van der Waals surface area contributed by atoms with Crippen molar-refractivity contribution in [3.63, 3.8) is 0 Å². The van der Waals surface area contributed by atoms with Gasteiger partial charge >= 0.3 is 0 Å². The Balaban J connectivity index is 1.73. The Kier molecular flexibility index (Phi) is 9.94. The topological polar surface area (TPSA) is 147 Å². The second kappa shape index (κ2) is 12.9. The van der Waals surface area contributed by atoms with E-state index in [4.69, 9.17) is 23.7 Å². The van der Waals surface area contributed by atoms with E-state index in [9.17, 15) is 25.5 Å². The van der Waals surface area contributed by atoms with Gasteiger partial charge in [-0.3, -0.25) is 0 Å². The summed E-state index contributed by atoms with van der Waals surface area (Å²) >= 11 is 0. The van der Waals surface area contributed by atoms with E-state index in [2.05, 4.69) is 0 Å². The number of hydrogen-bond donors (Lipinski definition) is 5. The number of aromatic hydroxyl groups is 2. The molecule has 1 unspecified atom stereocenters. The van der Waals surface area contributed by atoms with E-state index in [1.165, 1.54) is 14.2 Å². The molecule has 198 valence electrons. The fraction of sp³-hybridized carbons (Fsp3) is 0.462. The van der Waals surface area contributed by atoms with Crippen LogP contribution in [0, 0.1) is 0 Å². The zero-order valence-electron chi connectivity index (χ0n) is 20.5. The van der Waals surface area contributed by atoms with Gasteiger partial charge in [0.15, 0.2) is 17.8 Å². The van der Waals surface area contributed by atoms with Gasteiger partial charge in [0, 0.05) is 0 Å². The van der Waals surface area contributed by atoms with Crippen molar-refractivity contribution >= 4 is 6.08 Å². The highest BCUT2D eigenvalue weighted by Crippen LogP contribution is 2.41. The van der Waals surface area contributed by atoms with Gasteiger partial charge in [0.2, 0.25) is 5.75 Å². The maximum atomic E-state index is 10.9. The van der Waals surface area contributed by atoms with Crippen molar-refractivity contribution in [1.29, 1.82) is 0 Å². The molecule has 3 rings (SSSR count). The summed E-state index contributed by atoms with van der Waals surface area (Å²) in [5.41, 5.74) is 1.45. The minimum atomic E-state index is -1.36. The van der Waals surface area contributed by atoms with Crippen LogP contribution in [0.2, 0.25) is 0 Å². The summed E-state index contributed by atoms with van der Waals surface area (Å²) in [7, 11) is 2.83. The van der Waals surface area contributed by atoms with E-state index in [1.807, 2.05) is 6.92 Å². The molecule has 36 heavy (non-hydrogen) atoms. The third-order valence-electron chi connectivity index (χ3n) is 5.95. The van der Waals surface area contributed by atoms with Crippen LogP contribution in [0.5, 0.6) is 23.0 Å². The first-order valence-electron chi connectivity index (χ1n) is 11.6. The molecule has 1 heterocycles. The molecule has 2 aromatic carbocycles. The highest BCUT2D eigenvalue weighted by atomic mass is 16.7. The maximum absolute atomic E-state index is 10.9. The molecule has 0 aromatic heterocycles. The van der Waals surface area contributed by atoms with Crippen LogP contribution in [0.1, 0.15) is 30.6 Å². The predicted molar refractivity (Wildman–Crippen MR) is 130 cm³/mol. The van der Waals surface area contributed by atoms with Gasteiger partial charge in [-0.05, 0) is 41.8 Å². The van der Waals surface area contributed by atoms with Crippen LogP contribution in [0.25, 0.3) is 6.08 Å². The molecule has 1 saturated heterocycles. The normalized spacial score (nSPS) is 25.1. The standard InChI is InChI=1S/C26H34O10/c1-4-18(16-12-19(32-2)22(29)20(13-16)33-3)35-26-24(31)25(23(30)21(14-27)36-26)34-11-5-6-15-7-9-17(28)10-8-15/h5-10,12-13,18,21,23-31H,4,11,14H2,1-3H3/b6-5+/t18?,21-,23-,24-,25+,26-/m1/s1. The summed E-state index contributed by atoms with van der Waals surface area (Å²) in [5.74, 6) is 0.404. The molecule has 0 radical (unpaired) electrons. The molecule has 1 aliphatic heterocycles. The van der Waals surface area contributed by atoms with E-state index in [-0.39, 0.29) is 29.6 Å². The van der Waals surface area contributed by atoms with Crippen molar-refractivity contribution in [2.45, 2.75) is 50.2 Å². The van der Waals surface area contributed by atoms with Gasteiger partial charge in [-0.25, -0.2) is 0 Å². The highest BCUT2D eigenvalue weighted by Gasteiger charge is 2.46. The summed E-state index contributed by atoms with van der Waals surface area (Å²) in [4.78, 5) is 0. The minimum Gasteiger partial charge on any atom is -0.508 e. The van der Waals surface area contributed by atoms with Crippen molar-refractivity contribution in [3.05, 3.63) is 53.6 Å². The number of aliphatic hydroxyl groups excluding tert-OH is 3. The van der Waals surface area contributed by atoms with Crippen molar-refractivity contribution in [2.24, 2.45) is 0 Å². The van der Waals surface area contributed by atoms with E-state index < -0.39 is 43.4 Å². The summed E-state index contributed by atoms with van der Waals surface area (Å²) < 4.78 is 27.9. The largest absolute Gasteiger partial charge is 0.508 e. The van der Waals surface area contributed by atoms with Crippen LogP contribution in [0.15, 0.2) is 42.5 Å². The van der Waals surface area contributed by atoms with Crippen LogP contribution in [0.4, 0.5) is 0 Å². The Morgan fingerprint density at radius 2 is 1.64 bits per heavy atom. The van der Waals surface area contributed by atoms with Gasteiger partial charge in [0.05, 0.1) is 33.5 Å². The second-order valence-corrected chi connectivity index (χ2v) is 8.31. The lowest BCUT2D eigenvalue weighted by Gasteiger charge is -2.42. The quantitative estimate of drug-likeness (QED) is 0.307. The lowest BCUT2D eigenvalue weighted by molar-refractivity contribution is -0.317. The smallest absolute Gasteiger partial charge is 0.200 e. The molecule has 1 fully saturated rings. The number of phenols is 2. The second-order valence-electron chi connectivity index (χ2n) is 8.31. The van der Waals surface area contributed by atoms with E-state index in [0.29, 0.717) is 12.0 Å². The Labute approximate surface area is 209 Å². The summed E-state index contributed by atoms with van der Waals surface area (Å²) in [5, 5.41) is 50.8. The van der Waals surface area contributed by atoms with Gasteiger partial charge in [0.1, 0.15) is 30.2 Å². The average Bonchev–Trinajstić information content (AvgIpc) is 2.89. The van der Waals surface area contributed by atoms with Gasteiger partial charge in [-0.1, -0.05) is 31.2 Å². The first-order chi connectivity index (χ1) is 17.3. The molecule has 0 aliphatic carbocycles. The molecule has 10 heteroatoms. The third kappa shape index (κ3) is 6.47. The fourth-order valence-electron chi connectivity index (χ4n) is 3.97. The molecule has 0 amide bonds. The Morgan fingerprint density at radius 1 is 1.00 bits per heavy atom. The van der Waals surface area contributed by atoms with Crippen molar-refractivity contribution < 1.29 is 49.2 Å². The van der Waals surface area contributed by atoms with E-state index in [1.54, 1.807) is 48.6 Å². The summed E-state index contributed by atoms with van der Waals surface area (Å²) in [6.45, 7) is 1.43. The summed E-state index contributed by atoms with van der Waals surface area (Å²) in [6, 6.07) is 9.78. The van der Waals surface area contributed by atoms with Crippen LogP contribution < -0.4 is 9.47 Å². The lowest BCUT2D eigenvalue weighted by Crippen LogP contribution is -2.60.